The standard InChI is InChI=1S/C18H24O7/c1-11(2)16(19)22-7-8-23-17(20)14-6-4-5-12(3)15(14)18(21)25-10-13-9-24-13/h6,12-13,15H,1,4-5,7-10H2,2-3H3. The molecule has 3 atom stereocenters. The third kappa shape index (κ3) is 5.70. The highest BCUT2D eigenvalue weighted by Gasteiger charge is 2.37. The molecule has 0 aromatic carbocycles. The van der Waals surface area contributed by atoms with Gasteiger partial charge in [0.05, 0.1) is 12.5 Å². The Morgan fingerprint density at radius 2 is 1.92 bits per heavy atom. The summed E-state index contributed by atoms with van der Waals surface area (Å²) in [5.74, 6) is -2.20. The summed E-state index contributed by atoms with van der Waals surface area (Å²) < 4.78 is 20.3. The second-order valence-electron chi connectivity index (χ2n) is 6.33. The molecule has 138 valence electrons. The van der Waals surface area contributed by atoms with Gasteiger partial charge in [-0.05, 0) is 25.7 Å². The van der Waals surface area contributed by atoms with Crippen LogP contribution in [0.2, 0.25) is 0 Å². The number of esters is 3. The van der Waals surface area contributed by atoms with Crippen molar-refractivity contribution in [2.75, 3.05) is 26.4 Å². The summed E-state index contributed by atoms with van der Waals surface area (Å²) in [5, 5.41) is 0. The van der Waals surface area contributed by atoms with E-state index in [0.29, 0.717) is 18.6 Å². The van der Waals surface area contributed by atoms with Crippen LogP contribution < -0.4 is 0 Å². The second-order valence-corrected chi connectivity index (χ2v) is 6.33. The zero-order chi connectivity index (χ0) is 18.4. The fraction of sp³-hybridized carbons (Fsp3) is 0.611. The Balaban J connectivity index is 1.86. The molecule has 0 N–H and O–H groups in total. The van der Waals surface area contributed by atoms with Crippen LogP contribution in [0.5, 0.6) is 0 Å². The van der Waals surface area contributed by atoms with E-state index in [-0.39, 0.29) is 37.4 Å². The van der Waals surface area contributed by atoms with Crippen molar-refractivity contribution < 1.29 is 33.3 Å². The van der Waals surface area contributed by atoms with Gasteiger partial charge in [0.15, 0.2) is 0 Å². The van der Waals surface area contributed by atoms with Crippen molar-refractivity contribution in [1.82, 2.24) is 0 Å². The predicted octanol–water partition coefficient (Wildman–Crippen LogP) is 1.56. The summed E-state index contributed by atoms with van der Waals surface area (Å²) in [7, 11) is 0. The lowest BCUT2D eigenvalue weighted by molar-refractivity contribution is -0.154. The summed E-state index contributed by atoms with van der Waals surface area (Å²) in [5.41, 5.74) is 0.587. The minimum Gasteiger partial charge on any atom is -0.462 e. The van der Waals surface area contributed by atoms with Crippen molar-refractivity contribution in [3.8, 4) is 0 Å². The molecule has 7 heteroatoms. The maximum Gasteiger partial charge on any atom is 0.334 e. The number of allylic oxidation sites excluding steroid dienone is 1. The summed E-state index contributed by atoms with van der Waals surface area (Å²) in [6.07, 6.45) is 3.20. The SMILES string of the molecule is C=C(C)C(=O)OCCOC(=O)C1=CCCC(C)C1C(=O)OCC1CO1. The van der Waals surface area contributed by atoms with Crippen LogP contribution in [0.15, 0.2) is 23.8 Å². The smallest absolute Gasteiger partial charge is 0.334 e. The molecule has 0 radical (unpaired) electrons. The van der Waals surface area contributed by atoms with Crippen LogP contribution in [-0.4, -0.2) is 50.4 Å². The minimum atomic E-state index is -0.641. The van der Waals surface area contributed by atoms with E-state index in [4.69, 9.17) is 18.9 Å². The van der Waals surface area contributed by atoms with E-state index < -0.39 is 23.8 Å². The maximum atomic E-state index is 12.3. The Morgan fingerprint density at radius 1 is 1.24 bits per heavy atom. The molecule has 2 rings (SSSR count). The molecule has 0 saturated carbocycles. The number of hydrogen-bond donors (Lipinski definition) is 0. The van der Waals surface area contributed by atoms with Crippen molar-refractivity contribution in [2.24, 2.45) is 11.8 Å². The summed E-state index contributed by atoms with van der Waals surface area (Å²) >= 11 is 0. The Kier molecular flexibility index (Phi) is 6.75. The first-order chi connectivity index (χ1) is 11.9. The molecule has 1 fully saturated rings. The molecule has 3 unspecified atom stereocenters. The van der Waals surface area contributed by atoms with Crippen LogP contribution in [0, 0.1) is 11.8 Å². The van der Waals surface area contributed by atoms with E-state index in [1.807, 2.05) is 6.92 Å². The molecular formula is C18H24O7. The van der Waals surface area contributed by atoms with Gasteiger partial charge in [0.2, 0.25) is 0 Å². The molecular weight excluding hydrogens is 328 g/mol. The Labute approximate surface area is 146 Å². The third-order valence-corrected chi connectivity index (χ3v) is 4.09. The van der Waals surface area contributed by atoms with Gasteiger partial charge in [-0.25, -0.2) is 9.59 Å². The fourth-order valence-corrected chi connectivity index (χ4v) is 2.58. The van der Waals surface area contributed by atoms with Gasteiger partial charge >= 0.3 is 17.9 Å². The molecule has 25 heavy (non-hydrogen) atoms. The summed E-state index contributed by atoms with van der Waals surface area (Å²) in [6, 6.07) is 0. The third-order valence-electron chi connectivity index (χ3n) is 4.09. The lowest BCUT2D eigenvalue weighted by Gasteiger charge is -2.27. The highest BCUT2D eigenvalue weighted by atomic mass is 16.6. The largest absolute Gasteiger partial charge is 0.462 e. The fourth-order valence-electron chi connectivity index (χ4n) is 2.58. The Hall–Kier alpha value is -2.15. The number of carbonyl (C=O) groups excluding carboxylic acids is 3. The molecule has 1 aliphatic carbocycles. The van der Waals surface area contributed by atoms with Crippen molar-refractivity contribution in [3.05, 3.63) is 23.8 Å². The van der Waals surface area contributed by atoms with Crippen LogP contribution in [-0.2, 0) is 33.3 Å². The number of rotatable bonds is 8. The van der Waals surface area contributed by atoms with Gasteiger partial charge in [0.1, 0.15) is 25.9 Å². The normalized spacial score (nSPS) is 24.7. The number of hydrogen-bond acceptors (Lipinski definition) is 7. The molecule has 0 amide bonds. The topological polar surface area (TPSA) is 91.4 Å². The van der Waals surface area contributed by atoms with Crippen LogP contribution in [0.25, 0.3) is 0 Å². The van der Waals surface area contributed by atoms with Gasteiger partial charge in [-0.15, -0.1) is 0 Å². The van der Waals surface area contributed by atoms with E-state index >= 15 is 0 Å². The monoisotopic (exact) mass is 352 g/mol. The van der Waals surface area contributed by atoms with Crippen LogP contribution in [0.3, 0.4) is 0 Å². The summed E-state index contributed by atoms with van der Waals surface area (Å²) in [6.45, 7) is 7.57. The lowest BCUT2D eigenvalue weighted by Crippen LogP contribution is -2.33. The quantitative estimate of drug-likeness (QED) is 0.215. The van der Waals surface area contributed by atoms with E-state index in [1.165, 1.54) is 6.92 Å². The first kappa shape index (κ1) is 19.2. The van der Waals surface area contributed by atoms with E-state index in [2.05, 4.69) is 6.58 Å². The minimum absolute atomic E-state index is 0.0126. The van der Waals surface area contributed by atoms with Crippen molar-refractivity contribution in [1.29, 1.82) is 0 Å². The van der Waals surface area contributed by atoms with Crippen LogP contribution in [0.1, 0.15) is 26.7 Å². The first-order valence-electron chi connectivity index (χ1n) is 8.38. The molecule has 1 saturated heterocycles. The summed E-state index contributed by atoms with van der Waals surface area (Å²) in [4.78, 5) is 35.9. The molecule has 1 heterocycles. The van der Waals surface area contributed by atoms with Crippen LogP contribution >= 0.6 is 0 Å². The van der Waals surface area contributed by atoms with E-state index in [1.54, 1.807) is 6.08 Å². The number of epoxide rings is 1. The Morgan fingerprint density at radius 3 is 2.56 bits per heavy atom. The van der Waals surface area contributed by atoms with Gasteiger partial charge in [-0.2, -0.15) is 0 Å². The average Bonchev–Trinajstić information content (AvgIpc) is 3.40. The molecule has 0 aromatic heterocycles. The maximum absolute atomic E-state index is 12.3. The van der Waals surface area contributed by atoms with Gasteiger partial charge in [0, 0.05) is 11.1 Å². The van der Waals surface area contributed by atoms with Crippen molar-refractivity contribution in [2.45, 2.75) is 32.8 Å². The average molecular weight is 352 g/mol. The van der Waals surface area contributed by atoms with Crippen molar-refractivity contribution in [3.63, 3.8) is 0 Å². The van der Waals surface area contributed by atoms with E-state index in [9.17, 15) is 14.4 Å². The zero-order valence-electron chi connectivity index (χ0n) is 14.6. The van der Waals surface area contributed by atoms with Gasteiger partial charge in [-0.3, -0.25) is 4.79 Å². The van der Waals surface area contributed by atoms with E-state index in [0.717, 1.165) is 6.42 Å². The number of carbonyl (C=O) groups is 3. The zero-order valence-corrected chi connectivity index (χ0v) is 14.6. The highest BCUT2D eigenvalue weighted by Crippen LogP contribution is 2.32. The predicted molar refractivity (Wildman–Crippen MR) is 87.4 cm³/mol. The Bertz CT molecular complexity index is 574. The van der Waals surface area contributed by atoms with Crippen LogP contribution in [0.4, 0.5) is 0 Å². The molecule has 0 bridgehead atoms. The first-order valence-corrected chi connectivity index (χ1v) is 8.38. The van der Waals surface area contributed by atoms with Gasteiger partial charge < -0.3 is 18.9 Å². The molecule has 1 aliphatic heterocycles. The van der Waals surface area contributed by atoms with Gasteiger partial charge in [-0.1, -0.05) is 19.6 Å². The molecule has 0 spiro atoms. The number of ether oxygens (including phenoxy) is 4. The lowest BCUT2D eigenvalue weighted by atomic mass is 9.79. The highest BCUT2D eigenvalue weighted by molar-refractivity contribution is 5.96. The molecule has 7 nitrogen and oxygen atoms in total. The molecule has 0 aromatic rings. The molecule has 2 aliphatic rings. The van der Waals surface area contributed by atoms with Crippen molar-refractivity contribution >= 4 is 17.9 Å². The second kappa shape index (κ2) is 8.80. The van der Waals surface area contributed by atoms with Gasteiger partial charge in [0.25, 0.3) is 0 Å².